The van der Waals surface area contributed by atoms with Gasteiger partial charge < -0.3 is 10.6 Å². The second-order valence-electron chi connectivity index (χ2n) is 9.16. The van der Waals surface area contributed by atoms with Crippen LogP contribution in [0.25, 0.3) is 16.7 Å². The summed E-state index contributed by atoms with van der Waals surface area (Å²) in [4.78, 5) is 51.7. The smallest absolute Gasteiger partial charge is 0.352 e. The number of benzene rings is 1. The number of carbonyl (C=O) groups is 2. The van der Waals surface area contributed by atoms with E-state index in [0.29, 0.717) is 12.1 Å². The van der Waals surface area contributed by atoms with Crippen LogP contribution in [0.2, 0.25) is 0 Å². The lowest BCUT2D eigenvalue weighted by molar-refractivity contribution is -0.122. The van der Waals surface area contributed by atoms with Gasteiger partial charge in [-0.25, -0.2) is 13.9 Å². The van der Waals surface area contributed by atoms with Gasteiger partial charge in [0.2, 0.25) is 11.7 Å². The van der Waals surface area contributed by atoms with Crippen molar-refractivity contribution in [1.29, 1.82) is 0 Å². The quantitative estimate of drug-likeness (QED) is 0.487. The maximum atomic E-state index is 13.3. The highest BCUT2D eigenvalue weighted by Gasteiger charge is 2.21. The average molecular weight is 467 g/mol. The van der Waals surface area contributed by atoms with E-state index in [4.69, 9.17) is 0 Å². The maximum Gasteiger partial charge on any atom is 0.352 e. The number of fused-ring (bicyclic) bond motifs is 3. The number of amides is 2. The molecule has 0 atom stereocenters. The van der Waals surface area contributed by atoms with Crippen molar-refractivity contribution in [1.82, 2.24) is 29.4 Å². The zero-order valence-corrected chi connectivity index (χ0v) is 19.5. The molecule has 0 unspecified atom stereocenters. The Morgan fingerprint density at radius 2 is 1.97 bits per heavy atom. The topological polar surface area (TPSA) is 120 Å². The van der Waals surface area contributed by atoms with Crippen LogP contribution in [0, 0.1) is 5.92 Å². The van der Waals surface area contributed by atoms with Crippen molar-refractivity contribution < 1.29 is 9.59 Å². The lowest BCUT2D eigenvalue weighted by Gasteiger charge is -2.10. The fourth-order valence-corrected chi connectivity index (χ4v) is 4.33. The van der Waals surface area contributed by atoms with Crippen molar-refractivity contribution in [3.05, 3.63) is 57.3 Å². The lowest BCUT2D eigenvalue weighted by Crippen LogP contribution is -2.37. The van der Waals surface area contributed by atoms with Crippen LogP contribution in [-0.2, 0) is 17.9 Å². The lowest BCUT2D eigenvalue weighted by atomic mass is 10.1. The molecule has 2 aromatic heterocycles. The van der Waals surface area contributed by atoms with Gasteiger partial charge in [-0.05, 0) is 37.0 Å². The van der Waals surface area contributed by atoms with E-state index >= 15 is 0 Å². The maximum absolute atomic E-state index is 13.3. The first-order valence-corrected chi connectivity index (χ1v) is 11.6. The molecule has 1 aromatic carbocycles. The molecule has 34 heavy (non-hydrogen) atoms. The van der Waals surface area contributed by atoms with Gasteiger partial charge in [0.1, 0.15) is 6.54 Å². The van der Waals surface area contributed by atoms with Gasteiger partial charge in [0.15, 0.2) is 0 Å². The minimum absolute atomic E-state index is 0.0933. The van der Waals surface area contributed by atoms with E-state index in [-0.39, 0.29) is 59.1 Å². The van der Waals surface area contributed by atoms with Gasteiger partial charge in [-0.1, -0.05) is 32.8 Å². The predicted octanol–water partition coefficient (Wildman–Crippen LogP) is 1.44. The van der Waals surface area contributed by atoms with Gasteiger partial charge in [0.25, 0.3) is 11.5 Å². The number of rotatable bonds is 8. The van der Waals surface area contributed by atoms with Gasteiger partial charge in [0.05, 0.1) is 10.9 Å². The summed E-state index contributed by atoms with van der Waals surface area (Å²) >= 11 is 0. The number of hydrogen-bond donors (Lipinski definition) is 2. The van der Waals surface area contributed by atoms with E-state index in [9.17, 15) is 19.2 Å². The molecule has 10 nitrogen and oxygen atoms in total. The number of carbonyl (C=O) groups excluding carboxylic acids is 2. The molecule has 3 aromatic rings. The van der Waals surface area contributed by atoms with Crippen molar-refractivity contribution >= 4 is 28.5 Å². The summed E-state index contributed by atoms with van der Waals surface area (Å²) in [6.45, 7) is 8.06. The van der Waals surface area contributed by atoms with Crippen LogP contribution >= 0.6 is 0 Å². The second kappa shape index (κ2) is 9.66. The molecule has 10 heteroatoms. The van der Waals surface area contributed by atoms with E-state index < -0.39 is 5.69 Å². The van der Waals surface area contributed by atoms with E-state index in [1.54, 1.807) is 6.07 Å². The minimum Gasteiger partial charge on any atom is -0.352 e. The third kappa shape index (κ3) is 4.52. The SMILES string of the molecule is C=CCn1c(=O)c2ccc(C(=O)NCC(C)C)cc2n2c(=O)n(CC(=O)NC3CCCC3)nc12. The number of allylic oxidation sites excluding steroid dienone is 1. The Bertz CT molecular complexity index is 1370. The van der Waals surface area contributed by atoms with Crippen molar-refractivity contribution in [2.45, 2.75) is 58.7 Å². The summed E-state index contributed by atoms with van der Waals surface area (Å²) in [5.41, 5.74) is -0.317. The van der Waals surface area contributed by atoms with Crippen LogP contribution < -0.4 is 21.9 Å². The zero-order chi connectivity index (χ0) is 24.4. The predicted molar refractivity (Wildman–Crippen MR) is 129 cm³/mol. The van der Waals surface area contributed by atoms with Crippen molar-refractivity contribution in [2.24, 2.45) is 5.92 Å². The fraction of sp³-hybridized carbons (Fsp3) is 0.458. The first-order valence-electron chi connectivity index (χ1n) is 11.6. The Labute approximate surface area is 196 Å². The highest BCUT2D eigenvalue weighted by molar-refractivity contribution is 5.98. The van der Waals surface area contributed by atoms with Crippen LogP contribution in [0.3, 0.4) is 0 Å². The molecule has 2 N–H and O–H groups in total. The molecule has 2 amide bonds. The van der Waals surface area contributed by atoms with Gasteiger partial charge in [-0.2, -0.15) is 0 Å². The summed E-state index contributed by atoms with van der Waals surface area (Å²) in [6.07, 6.45) is 5.55. The minimum atomic E-state index is -0.556. The first-order chi connectivity index (χ1) is 16.3. The molecule has 1 aliphatic rings. The first kappa shape index (κ1) is 23.5. The third-order valence-electron chi connectivity index (χ3n) is 6.04. The monoisotopic (exact) mass is 466 g/mol. The van der Waals surface area contributed by atoms with Gasteiger partial charge in [-0.3, -0.25) is 19.0 Å². The molecular formula is C24H30N6O4. The summed E-state index contributed by atoms with van der Waals surface area (Å²) < 4.78 is 3.67. The van der Waals surface area contributed by atoms with Crippen molar-refractivity contribution in [3.8, 4) is 0 Å². The Morgan fingerprint density at radius 3 is 2.65 bits per heavy atom. The highest BCUT2D eigenvalue weighted by atomic mass is 16.2. The summed E-state index contributed by atoms with van der Waals surface area (Å²) in [6, 6.07) is 4.74. The van der Waals surface area contributed by atoms with Gasteiger partial charge >= 0.3 is 5.69 Å². The molecule has 0 radical (unpaired) electrons. The summed E-state index contributed by atoms with van der Waals surface area (Å²) in [7, 11) is 0. The average Bonchev–Trinajstić information content (AvgIpc) is 3.42. The van der Waals surface area contributed by atoms with Gasteiger partial charge in [0, 0.05) is 24.7 Å². The standard InChI is InChI=1S/C24H30N6O4/c1-4-11-28-22(33)18-10-9-16(21(32)25-13-15(2)3)12-19(18)30-23(28)27-29(24(30)34)14-20(31)26-17-7-5-6-8-17/h4,9-10,12,15,17H,1,5-8,11,13-14H2,2-3H3,(H,25,32)(H,26,31). The van der Waals surface area contributed by atoms with Gasteiger partial charge in [-0.15, -0.1) is 11.7 Å². The molecule has 0 aliphatic heterocycles. The Balaban J connectivity index is 1.81. The largest absolute Gasteiger partial charge is 0.352 e. The van der Waals surface area contributed by atoms with Crippen LogP contribution in [0.5, 0.6) is 0 Å². The summed E-state index contributed by atoms with van der Waals surface area (Å²) in [5, 5.41) is 10.4. The molecule has 1 saturated carbocycles. The number of nitrogens with one attached hydrogen (secondary N) is 2. The Morgan fingerprint density at radius 1 is 1.24 bits per heavy atom. The fourth-order valence-electron chi connectivity index (χ4n) is 4.33. The molecule has 1 aliphatic carbocycles. The van der Waals surface area contributed by atoms with E-state index in [0.717, 1.165) is 30.4 Å². The van der Waals surface area contributed by atoms with Crippen molar-refractivity contribution in [2.75, 3.05) is 6.54 Å². The van der Waals surface area contributed by atoms with Crippen LogP contribution in [0.4, 0.5) is 0 Å². The molecule has 0 saturated heterocycles. The molecule has 1 fully saturated rings. The molecule has 0 spiro atoms. The summed E-state index contributed by atoms with van der Waals surface area (Å²) in [5.74, 6) is -0.224. The van der Waals surface area contributed by atoms with E-state index in [2.05, 4.69) is 22.3 Å². The van der Waals surface area contributed by atoms with Crippen molar-refractivity contribution in [3.63, 3.8) is 0 Å². The molecule has 180 valence electrons. The third-order valence-corrected chi connectivity index (χ3v) is 6.04. The van der Waals surface area contributed by atoms with E-state index in [1.165, 1.54) is 27.2 Å². The zero-order valence-electron chi connectivity index (χ0n) is 19.5. The Hall–Kier alpha value is -3.69. The van der Waals surface area contributed by atoms with Crippen LogP contribution in [0.1, 0.15) is 49.9 Å². The normalized spacial score (nSPS) is 14.2. The molecule has 4 rings (SSSR count). The molecular weight excluding hydrogens is 436 g/mol. The second-order valence-corrected chi connectivity index (χ2v) is 9.16. The number of aromatic nitrogens is 4. The number of nitrogens with zero attached hydrogens (tertiary/aromatic N) is 4. The van der Waals surface area contributed by atoms with E-state index in [1.807, 2.05) is 13.8 Å². The molecule has 2 heterocycles. The number of hydrogen-bond acceptors (Lipinski definition) is 5. The Kier molecular flexibility index (Phi) is 6.67. The highest BCUT2D eigenvalue weighted by Crippen LogP contribution is 2.18. The molecule has 0 bridgehead atoms. The van der Waals surface area contributed by atoms with Crippen LogP contribution in [-0.4, -0.2) is 43.1 Å². The van der Waals surface area contributed by atoms with Crippen LogP contribution in [0.15, 0.2) is 40.4 Å².